The van der Waals surface area contributed by atoms with Crippen LogP contribution in [0.3, 0.4) is 0 Å². The van der Waals surface area contributed by atoms with Crippen molar-refractivity contribution in [3.8, 4) is 0 Å². The lowest BCUT2D eigenvalue weighted by atomic mass is 10.1. The van der Waals surface area contributed by atoms with Gasteiger partial charge in [-0.15, -0.1) is 0 Å². The van der Waals surface area contributed by atoms with Crippen LogP contribution in [0.5, 0.6) is 0 Å². The lowest BCUT2D eigenvalue weighted by Crippen LogP contribution is -2.30. The Hall–Kier alpha value is -1.80. The fraction of sp³-hybridized carbons (Fsp3) is 0.368. The largest absolute Gasteiger partial charge is 0.365 e. The zero-order valence-corrected chi connectivity index (χ0v) is 13.3. The number of aryl methyl sites for hydroxylation is 1. The summed E-state index contributed by atoms with van der Waals surface area (Å²) in [5.74, 6) is 0. The number of benzene rings is 2. The molecule has 112 valence electrons. The maximum Gasteiger partial charge on any atom is 0.0432 e. The van der Waals surface area contributed by atoms with Crippen LogP contribution in [0.4, 0.5) is 5.69 Å². The predicted molar refractivity (Wildman–Crippen MR) is 91.5 cm³/mol. The van der Waals surface area contributed by atoms with Crippen molar-refractivity contribution in [2.75, 3.05) is 4.90 Å². The minimum absolute atomic E-state index is 0.458. The average molecular weight is 282 g/mol. The van der Waals surface area contributed by atoms with Crippen molar-refractivity contribution in [1.29, 1.82) is 0 Å². The Labute approximate surface area is 128 Å². The molecule has 0 aliphatic rings. The van der Waals surface area contributed by atoms with Gasteiger partial charge in [-0.1, -0.05) is 43.3 Å². The zero-order chi connectivity index (χ0) is 15.2. The smallest absolute Gasteiger partial charge is 0.0432 e. The molecule has 0 aromatic heterocycles. The molecule has 0 heterocycles. The molecule has 0 radical (unpaired) electrons. The van der Waals surface area contributed by atoms with Crippen molar-refractivity contribution < 1.29 is 0 Å². The van der Waals surface area contributed by atoms with Gasteiger partial charge in [0.05, 0.1) is 0 Å². The van der Waals surface area contributed by atoms with Gasteiger partial charge in [-0.25, -0.2) is 0 Å². The molecule has 0 saturated carbocycles. The molecular formula is C19H26N2. The number of rotatable bonds is 6. The summed E-state index contributed by atoms with van der Waals surface area (Å²) in [7, 11) is 0. The molecule has 2 rings (SSSR count). The van der Waals surface area contributed by atoms with Gasteiger partial charge in [0, 0.05) is 24.8 Å². The van der Waals surface area contributed by atoms with E-state index in [0.29, 0.717) is 12.6 Å². The van der Waals surface area contributed by atoms with Crippen LogP contribution in [-0.2, 0) is 19.5 Å². The molecule has 0 aliphatic carbocycles. The Balaban J connectivity index is 2.17. The summed E-state index contributed by atoms with van der Waals surface area (Å²) >= 11 is 0. The van der Waals surface area contributed by atoms with Crippen molar-refractivity contribution >= 4 is 5.69 Å². The average Bonchev–Trinajstić information content (AvgIpc) is 2.53. The molecule has 0 atom stereocenters. The van der Waals surface area contributed by atoms with E-state index in [1.807, 2.05) is 0 Å². The first kappa shape index (κ1) is 15.6. The van der Waals surface area contributed by atoms with Crippen molar-refractivity contribution in [1.82, 2.24) is 0 Å². The normalized spacial score (nSPS) is 10.9. The number of anilines is 1. The highest BCUT2D eigenvalue weighted by atomic mass is 15.1. The first-order valence-electron chi connectivity index (χ1n) is 7.77. The van der Waals surface area contributed by atoms with E-state index >= 15 is 0 Å². The molecular weight excluding hydrogens is 256 g/mol. The van der Waals surface area contributed by atoms with Crippen LogP contribution in [0.25, 0.3) is 0 Å². The first-order valence-corrected chi connectivity index (χ1v) is 7.77. The Kier molecular flexibility index (Phi) is 5.40. The first-order chi connectivity index (χ1) is 10.1. The summed E-state index contributed by atoms with van der Waals surface area (Å²) in [6.07, 6.45) is 1.09. The summed E-state index contributed by atoms with van der Waals surface area (Å²) in [6.45, 7) is 8.19. The molecule has 0 unspecified atom stereocenters. The number of hydrogen-bond donors (Lipinski definition) is 1. The highest BCUT2D eigenvalue weighted by Crippen LogP contribution is 2.21. The van der Waals surface area contributed by atoms with Crippen molar-refractivity contribution in [2.24, 2.45) is 5.73 Å². The van der Waals surface area contributed by atoms with Crippen LogP contribution in [0.1, 0.15) is 37.5 Å². The Morgan fingerprint density at radius 3 is 1.86 bits per heavy atom. The second kappa shape index (κ2) is 7.28. The molecule has 21 heavy (non-hydrogen) atoms. The minimum atomic E-state index is 0.458. The van der Waals surface area contributed by atoms with E-state index in [4.69, 9.17) is 5.73 Å². The van der Waals surface area contributed by atoms with Gasteiger partial charge in [-0.05, 0) is 49.1 Å². The fourth-order valence-electron chi connectivity index (χ4n) is 2.47. The predicted octanol–water partition coefficient (Wildman–Crippen LogP) is 4.12. The standard InChI is InChI=1S/C19H26N2/c1-4-16-5-7-18(8-6-16)14-21(15(2)3)19-11-9-17(13-20)10-12-19/h5-12,15H,4,13-14,20H2,1-3H3. The van der Waals surface area contributed by atoms with E-state index in [1.54, 1.807) is 0 Å². The van der Waals surface area contributed by atoms with Crippen LogP contribution in [-0.4, -0.2) is 6.04 Å². The highest BCUT2D eigenvalue weighted by Gasteiger charge is 2.11. The van der Waals surface area contributed by atoms with E-state index in [2.05, 4.69) is 74.2 Å². The van der Waals surface area contributed by atoms with Gasteiger partial charge >= 0.3 is 0 Å². The van der Waals surface area contributed by atoms with Gasteiger partial charge in [0.2, 0.25) is 0 Å². The van der Waals surface area contributed by atoms with Crippen LogP contribution in [0.15, 0.2) is 48.5 Å². The lowest BCUT2D eigenvalue weighted by molar-refractivity contribution is 0.682. The third kappa shape index (κ3) is 4.08. The minimum Gasteiger partial charge on any atom is -0.365 e. The van der Waals surface area contributed by atoms with E-state index in [1.165, 1.54) is 22.4 Å². The highest BCUT2D eigenvalue weighted by molar-refractivity contribution is 5.49. The van der Waals surface area contributed by atoms with Crippen molar-refractivity contribution in [2.45, 2.75) is 46.3 Å². The molecule has 0 aliphatic heterocycles. The second-order valence-electron chi connectivity index (χ2n) is 5.76. The van der Waals surface area contributed by atoms with Crippen LogP contribution in [0.2, 0.25) is 0 Å². The molecule has 0 spiro atoms. The maximum absolute atomic E-state index is 5.67. The topological polar surface area (TPSA) is 29.3 Å². The third-order valence-corrected chi connectivity index (χ3v) is 3.91. The van der Waals surface area contributed by atoms with E-state index < -0.39 is 0 Å². The number of hydrogen-bond acceptors (Lipinski definition) is 2. The SMILES string of the molecule is CCc1ccc(CN(c2ccc(CN)cc2)C(C)C)cc1. The van der Waals surface area contributed by atoms with Crippen LogP contribution < -0.4 is 10.6 Å². The van der Waals surface area contributed by atoms with Gasteiger partial charge in [0.25, 0.3) is 0 Å². The molecule has 0 amide bonds. The summed E-state index contributed by atoms with van der Waals surface area (Å²) in [6, 6.07) is 18.0. The summed E-state index contributed by atoms with van der Waals surface area (Å²) < 4.78 is 0. The van der Waals surface area contributed by atoms with Gasteiger partial charge in [0.15, 0.2) is 0 Å². The summed E-state index contributed by atoms with van der Waals surface area (Å²) in [4.78, 5) is 2.42. The third-order valence-electron chi connectivity index (χ3n) is 3.91. The van der Waals surface area contributed by atoms with E-state index in [0.717, 1.165) is 13.0 Å². The summed E-state index contributed by atoms with van der Waals surface area (Å²) in [5, 5.41) is 0. The molecule has 2 heteroatoms. The van der Waals surface area contributed by atoms with Gasteiger partial charge in [-0.2, -0.15) is 0 Å². The Morgan fingerprint density at radius 2 is 1.38 bits per heavy atom. The Bertz CT molecular complexity index is 541. The van der Waals surface area contributed by atoms with Gasteiger partial charge in [-0.3, -0.25) is 0 Å². The van der Waals surface area contributed by atoms with E-state index in [-0.39, 0.29) is 0 Å². The summed E-state index contributed by atoms with van der Waals surface area (Å²) in [5.41, 5.74) is 10.8. The zero-order valence-electron chi connectivity index (χ0n) is 13.3. The fourth-order valence-corrected chi connectivity index (χ4v) is 2.47. The quantitative estimate of drug-likeness (QED) is 0.863. The second-order valence-corrected chi connectivity index (χ2v) is 5.76. The van der Waals surface area contributed by atoms with Gasteiger partial charge in [0.1, 0.15) is 0 Å². The molecule has 0 fully saturated rings. The number of nitrogens with zero attached hydrogens (tertiary/aromatic N) is 1. The van der Waals surface area contributed by atoms with Gasteiger partial charge < -0.3 is 10.6 Å². The maximum atomic E-state index is 5.67. The van der Waals surface area contributed by atoms with Crippen LogP contribution >= 0.6 is 0 Å². The van der Waals surface area contributed by atoms with Crippen molar-refractivity contribution in [3.05, 3.63) is 65.2 Å². The molecule has 2 aromatic carbocycles. The molecule has 2 aromatic rings. The van der Waals surface area contributed by atoms with E-state index in [9.17, 15) is 0 Å². The van der Waals surface area contributed by atoms with Crippen LogP contribution in [0, 0.1) is 0 Å². The van der Waals surface area contributed by atoms with Crippen molar-refractivity contribution in [3.63, 3.8) is 0 Å². The lowest BCUT2D eigenvalue weighted by Gasteiger charge is -2.29. The molecule has 2 nitrogen and oxygen atoms in total. The monoisotopic (exact) mass is 282 g/mol. The molecule has 0 saturated heterocycles. The number of nitrogens with two attached hydrogens (primary N) is 1. The molecule has 2 N–H and O–H groups in total. The molecule has 0 bridgehead atoms. The Morgan fingerprint density at radius 1 is 0.857 bits per heavy atom.